The normalized spacial score (nSPS) is 22.1. The lowest BCUT2D eigenvalue weighted by Gasteiger charge is -2.23. The molecule has 2 aromatic rings. The number of rotatable bonds is 5. The maximum atomic E-state index is 13.2. The first-order valence-corrected chi connectivity index (χ1v) is 10.0. The van der Waals surface area contributed by atoms with E-state index in [2.05, 4.69) is 10.3 Å². The van der Waals surface area contributed by atoms with Crippen LogP contribution in [-0.4, -0.2) is 61.4 Å². The second kappa shape index (κ2) is 6.58. The maximum absolute atomic E-state index is 13.2. The zero-order chi connectivity index (χ0) is 21.0. The minimum absolute atomic E-state index is 0.144. The van der Waals surface area contributed by atoms with E-state index in [1.165, 1.54) is 4.90 Å². The van der Waals surface area contributed by atoms with Crippen molar-refractivity contribution >= 4 is 18.2 Å². The molecule has 2 fully saturated rings. The molecular weight excluding hydrogens is 386 g/mol. The van der Waals surface area contributed by atoms with E-state index in [1.807, 2.05) is 24.9 Å². The van der Waals surface area contributed by atoms with Gasteiger partial charge in [-0.25, -0.2) is 4.79 Å². The molecule has 3 amide bonds. The molecule has 5 rings (SSSR count). The number of phenols is 1. The van der Waals surface area contributed by atoms with Crippen LogP contribution in [0.5, 0.6) is 5.75 Å². The zero-order valence-electron chi connectivity index (χ0n) is 16.9. The van der Waals surface area contributed by atoms with E-state index >= 15 is 0 Å². The summed E-state index contributed by atoms with van der Waals surface area (Å²) >= 11 is 0. The minimum Gasteiger partial charge on any atom is -0.508 e. The topological polar surface area (TPSA) is 102 Å². The lowest BCUT2D eigenvalue weighted by molar-refractivity contribution is -0.130. The summed E-state index contributed by atoms with van der Waals surface area (Å²) in [7, 11) is 0. The van der Waals surface area contributed by atoms with Gasteiger partial charge in [-0.2, -0.15) is 5.10 Å². The van der Waals surface area contributed by atoms with Crippen LogP contribution < -0.4 is 0 Å². The number of hydrogen-bond donors (Lipinski definition) is 1. The molecule has 1 unspecified atom stereocenters. The molecule has 0 radical (unpaired) electrons. The van der Waals surface area contributed by atoms with Gasteiger partial charge in [-0.1, -0.05) is 17.3 Å². The highest BCUT2D eigenvalue weighted by molar-refractivity contribution is 6.10. The van der Waals surface area contributed by atoms with Crippen molar-refractivity contribution in [2.75, 3.05) is 6.54 Å². The number of urea groups is 1. The van der Waals surface area contributed by atoms with Gasteiger partial charge in [0, 0.05) is 18.3 Å². The molecule has 30 heavy (non-hydrogen) atoms. The number of benzene rings is 1. The third kappa shape index (κ3) is 2.84. The van der Waals surface area contributed by atoms with Crippen LogP contribution in [0.15, 0.2) is 33.9 Å². The van der Waals surface area contributed by atoms with Gasteiger partial charge >= 0.3 is 6.03 Å². The number of hydrazone groups is 1. The summed E-state index contributed by atoms with van der Waals surface area (Å²) < 4.78 is 5.21. The molecule has 1 aromatic heterocycles. The van der Waals surface area contributed by atoms with Crippen molar-refractivity contribution in [3.05, 3.63) is 46.8 Å². The van der Waals surface area contributed by atoms with Gasteiger partial charge < -0.3 is 14.5 Å². The maximum Gasteiger partial charge on any atom is 0.328 e. The Morgan fingerprint density at radius 3 is 2.70 bits per heavy atom. The standard InChI is InChI=1S/C21H23N5O4/c1-13-18(14(2)30-23-13)12-24-11-16(9-22-24)26-19(28)21(6-7-21)25(20(26)29)10-15-4-3-5-17(27)8-15/h3-5,8-9,16,27H,6-7,10-12H2,1-2H3. The Morgan fingerprint density at radius 1 is 1.23 bits per heavy atom. The molecule has 1 spiro atoms. The molecule has 0 bridgehead atoms. The van der Waals surface area contributed by atoms with E-state index in [0.717, 1.165) is 22.6 Å². The van der Waals surface area contributed by atoms with Gasteiger partial charge in [-0.15, -0.1) is 0 Å². The van der Waals surface area contributed by atoms with Crippen LogP contribution in [-0.2, 0) is 17.9 Å². The predicted molar refractivity (Wildman–Crippen MR) is 107 cm³/mol. The highest BCUT2D eigenvalue weighted by atomic mass is 16.5. The Kier molecular flexibility index (Phi) is 4.09. The van der Waals surface area contributed by atoms with Crippen LogP contribution in [0.25, 0.3) is 0 Å². The van der Waals surface area contributed by atoms with E-state index in [1.54, 1.807) is 29.3 Å². The second-order valence-electron chi connectivity index (χ2n) is 8.23. The fraction of sp³-hybridized carbons (Fsp3) is 0.429. The molecule has 9 nitrogen and oxygen atoms in total. The van der Waals surface area contributed by atoms with Crippen LogP contribution in [0, 0.1) is 13.8 Å². The van der Waals surface area contributed by atoms with Gasteiger partial charge in [0.15, 0.2) is 0 Å². The minimum atomic E-state index is -0.745. The highest BCUT2D eigenvalue weighted by Gasteiger charge is 2.65. The average Bonchev–Trinajstić information content (AvgIpc) is 3.24. The number of imide groups is 1. The van der Waals surface area contributed by atoms with Gasteiger partial charge in [0.25, 0.3) is 5.91 Å². The number of phenolic OH excluding ortho intramolecular Hbond substituents is 1. The van der Waals surface area contributed by atoms with Gasteiger partial charge in [-0.3, -0.25) is 14.7 Å². The zero-order valence-corrected chi connectivity index (χ0v) is 16.9. The number of carbonyl (C=O) groups excluding carboxylic acids is 2. The summed E-state index contributed by atoms with van der Waals surface area (Å²) in [5.74, 6) is 0.738. The Hall–Kier alpha value is -3.36. The number of hydrogen-bond acceptors (Lipinski definition) is 7. The summed E-state index contributed by atoms with van der Waals surface area (Å²) in [5, 5.41) is 19.9. The summed E-state index contributed by atoms with van der Waals surface area (Å²) in [4.78, 5) is 29.4. The van der Waals surface area contributed by atoms with E-state index in [-0.39, 0.29) is 17.7 Å². The molecule has 1 N–H and O–H groups in total. The first kappa shape index (κ1) is 18.7. The fourth-order valence-corrected chi connectivity index (χ4v) is 4.34. The van der Waals surface area contributed by atoms with Gasteiger partial charge in [0.05, 0.1) is 24.8 Å². The van der Waals surface area contributed by atoms with Gasteiger partial charge in [0.2, 0.25) is 0 Å². The number of amides is 3. The summed E-state index contributed by atoms with van der Waals surface area (Å²) in [6.07, 6.45) is 3.00. The largest absolute Gasteiger partial charge is 0.508 e. The van der Waals surface area contributed by atoms with E-state index in [9.17, 15) is 14.7 Å². The molecule has 3 aliphatic rings. The number of aromatic nitrogens is 1. The Bertz CT molecular complexity index is 1040. The van der Waals surface area contributed by atoms with Crippen LogP contribution in [0.2, 0.25) is 0 Å². The van der Waals surface area contributed by atoms with Gasteiger partial charge in [0.1, 0.15) is 17.0 Å². The molecule has 1 aromatic carbocycles. The van der Waals surface area contributed by atoms with Crippen molar-refractivity contribution in [3.8, 4) is 5.75 Å². The third-order valence-electron chi connectivity index (χ3n) is 6.20. The number of nitrogens with zero attached hydrogens (tertiary/aromatic N) is 5. The van der Waals surface area contributed by atoms with Gasteiger partial charge in [-0.05, 0) is 44.4 Å². The monoisotopic (exact) mass is 409 g/mol. The van der Waals surface area contributed by atoms with Crippen LogP contribution >= 0.6 is 0 Å². The SMILES string of the molecule is Cc1noc(C)c1CN1CC(N2C(=O)N(Cc3cccc(O)c3)C3(CC3)C2=O)C=N1. The molecule has 1 aliphatic carbocycles. The highest BCUT2D eigenvalue weighted by Crippen LogP contribution is 2.49. The quantitative estimate of drug-likeness (QED) is 0.760. The molecule has 156 valence electrons. The van der Waals surface area contributed by atoms with E-state index < -0.39 is 11.6 Å². The lowest BCUT2D eigenvalue weighted by atomic mass is 10.1. The molecule has 2 aliphatic heterocycles. The van der Waals surface area contributed by atoms with Crippen molar-refractivity contribution in [2.24, 2.45) is 5.10 Å². The molecule has 1 saturated carbocycles. The smallest absolute Gasteiger partial charge is 0.328 e. The molecule has 9 heteroatoms. The lowest BCUT2D eigenvalue weighted by Crippen LogP contribution is -2.44. The fourth-order valence-electron chi connectivity index (χ4n) is 4.34. The van der Waals surface area contributed by atoms with Crippen molar-refractivity contribution < 1.29 is 19.2 Å². The number of aryl methyl sites for hydroxylation is 2. The number of aromatic hydroxyl groups is 1. The average molecular weight is 409 g/mol. The van der Waals surface area contributed by atoms with Crippen molar-refractivity contribution in [1.82, 2.24) is 20.0 Å². The number of carbonyl (C=O) groups is 2. The van der Waals surface area contributed by atoms with Crippen molar-refractivity contribution in [3.63, 3.8) is 0 Å². The Balaban J connectivity index is 1.33. The summed E-state index contributed by atoms with van der Waals surface area (Å²) in [5.41, 5.74) is 1.83. The van der Waals surface area contributed by atoms with E-state index in [4.69, 9.17) is 4.52 Å². The Morgan fingerprint density at radius 2 is 2.03 bits per heavy atom. The summed E-state index contributed by atoms with van der Waals surface area (Å²) in [6.45, 7) is 4.99. The molecule has 1 atom stereocenters. The molecule has 3 heterocycles. The predicted octanol–water partition coefficient (Wildman–Crippen LogP) is 2.16. The molecular formula is C21H23N5O4. The van der Waals surface area contributed by atoms with Crippen LogP contribution in [0.4, 0.5) is 4.79 Å². The van der Waals surface area contributed by atoms with Crippen molar-refractivity contribution in [1.29, 1.82) is 0 Å². The van der Waals surface area contributed by atoms with E-state index in [0.29, 0.717) is 32.5 Å². The first-order valence-electron chi connectivity index (χ1n) is 10.0. The summed E-state index contributed by atoms with van der Waals surface area (Å²) in [6, 6.07) is 6.09. The van der Waals surface area contributed by atoms with Crippen molar-refractivity contribution in [2.45, 2.75) is 51.4 Å². The Labute approximate surface area is 173 Å². The molecule has 1 saturated heterocycles. The first-order chi connectivity index (χ1) is 14.4. The third-order valence-corrected chi connectivity index (χ3v) is 6.20. The second-order valence-corrected chi connectivity index (χ2v) is 8.23. The van der Waals surface area contributed by atoms with Crippen LogP contribution in [0.1, 0.15) is 35.4 Å². The van der Waals surface area contributed by atoms with Crippen LogP contribution in [0.3, 0.4) is 0 Å².